The van der Waals surface area contributed by atoms with Crippen molar-refractivity contribution in [2.45, 2.75) is 10.6 Å². The molecule has 0 unspecified atom stereocenters. The Kier molecular flexibility index (Phi) is 3.19. The average molecular weight is 211 g/mol. The summed E-state index contributed by atoms with van der Waals surface area (Å²) < 4.78 is 0.598. The molecule has 0 amide bonds. The minimum Gasteiger partial charge on any atom is -0.326 e. The fourth-order valence-corrected chi connectivity index (χ4v) is 4.11. The monoisotopic (exact) mass is 211 g/mol. The fraction of sp³-hybridized carbons (Fsp3) is 0.400. The zero-order valence-electron chi connectivity index (χ0n) is 7.35. The van der Waals surface area contributed by atoms with Crippen LogP contribution in [-0.4, -0.2) is 17.5 Å². The van der Waals surface area contributed by atoms with Crippen LogP contribution in [0.25, 0.3) is 0 Å². The number of nitrogens with two attached hydrogens (primary N) is 1. The largest absolute Gasteiger partial charge is 0.326 e. The highest BCUT2D eigenvalue weighted by Gasteiger charge is 2.20. The van der Waals surface area contributed by atoms with Gasteiger partial charge in [-0.05, 0) is 5.56 Å². The van der Waals surface area contributed by atoms with Gasteiger partial charge in [0.15, 0.2) is 0 Å². The Bertz CT molecular complexity index is 255. The van der Waals surface area contributed by atoms with E-state index in [1.165, 1.54) is 5.56 Å². The lowest BCUT2D eigenvalue weighted by Crippen LogP contribution is -2.29. The molecule has 1 aliphatic rings. The van der Waals surface area contributed by atoms with Gasteiger partial charge in [-0.25, -0.2) is 0 Å². The zero-order chi connectivity index (χ0) is 9.10. The van der Waals surface area contributed by atoms with Crippen molar-refractivity contribution in [2.24, 2.45) is 5.73 Å². The molecule has 1 nitrogen and oxygen atoms in total. The van der Waals surface area contributed by atoms with Crippen LogP contribution in [-0.2, 0) is 0 Å². The van der Waals surface area contributed by atoms with Gasteiger partial charge in [0.2, 0.25) is 0 Å². The molecule has 0 aromatic heterocycles. The number of rotatable bonds is 1. The Morgan fingerprint density at radius 1 is 1.08 bits per heavy atom. The Morgan fingerprint density at radius 2 is 1.69 bits per heavy atom. The van der Waals surface area contributed by atoms with Crippen molar-refractivity contribution in [1.82, 2.24) is 0 Å². The van der Waals surface area contributed by atoms with Gasteiger partial charge < -0.3 is 5.73 Å². The zero-order valence-corrected chi connectivity index (χ0v) is 8.98. The first-order valence-electron chi connectivity index (χ1n) is 4.40. The van der Waals surface area contributed by atoms with Crippen molar-refractivity contribution in [3.05, 3.63) is 35.9 Å². The molecule has 0 aliphatic carbocycles. The van der Waals surface area contributed by atoms with Crippen LogP contribution in [0.4, 0.5) is 0 Å². The molecule has 1 fully saturated rings. The lowest BCUT2D eigenvalue weighted by atomic mass is 10.2. The normalized spacial score (nSPS) is 28.7. The van der Waals surface area contributed by atoms with E-state index in [1.54, 1.807) is 0 Å². The molecule has 0 radical (unpaired) electrons. The first-order chi connectivity index (χ1) is 6.36. The van der Waals surface area contributed by atoms with Gasteiger partial charge in [-0.2, -0.15) is 0 Å². The summed E-state index contributed by atoms with van der Waals surface area (Å²) in [5.74, 6) is 2.18. The number of hydrogen-bond donors (Lipinski definition) is 1. The van der Waals surface area contributed by atoms with E-state index < -0.39 is 0 Å². The fourth-order valence-electron chi connectivity index (χ4n) is 1.32. The van der Waals surface area contributed by atoms with Crippen LogP contribution < -0.4 is 5.73 Å². The molecule has 13 heavy (non-hydrogen) atoms. The van der Waals surface area contributed by atoms with Crippen LogP contribution in [0.15, 0.2) is 30.3 Å². The van der Waals surface area contributed by atoms with Gasteiger partial charge in [-0.15, -0.1) is 23.5 Å². The van der Waals surface area contributed by atoms with Crippen molar-refractivity contribution in [3.8, 4) is 0 Å². The standard InChI is InChI=1S/C10H13NS2/c11-9-6-12-10(13-7-9)8-4-2-1-3-5-8/h1-5,9-10H,6-7,11H2. The lowest BCUT2D eigenvalue weighted by Gasteiger charge is -2.25. The number of benzene rings is 1. The van der Waals surface area contributed by atoms with E-state index in [0.29, 0.717) is 10.6 Å². The van der Waals surface area contributed by atoms with E-state index in [4.69, 9.17) is 5.73 Å². The van der Waals surface area contributed by atoms with Crippen molar-refractivity contribution in [1.29, 1.82) is 0 Å². The van der Waals surface area contributed by atoms with E-state index in [1.807, 2.05) is 23.5 Å². The van der Waals surface area contributed by atoms with Crippen molar-refractivity contribution in [2.75, 3.05) is 11.5 Å². The van der Waals surface area contributed by atoms with E-state index in [0.717, 1.165) is 11.5 Å². The molecule has 70 valence electrons. The van der Waals surface area contributed by atoms with Gasteiger partial charge in [-0.1, -0.05) is 30.3 Å². The van der Waals surface area contributed by atoms with Crippen molar-refractivity contribution >= 4 is 23.5 Å². The van der Waals surface area contributed by atoms with Gasteiger partial charge in [0.25, 0.3) is 0 Å². The van der Waals surface area contributed by atoms with Crippen molar-refractivity contribution < 1.29 is 0 Å². The number of thioether (sulfide) groups is 2. The molecule has 3 heteroatoms. The molecular weight excluding hydrogens is 198 g/mol. The molecular formula is C10H13NS2. The minimum atomic E-state index is 0.384. The van der Waals surface area contributed by atoms with E-state index in [9.17, 15) is 0 Å². The Balaban J connectivity index is 2.03. The summed E-state index contributed by atoms with van der Waals surface area (Å²) in [6.45, 7) is 0. The second-order valence-corrected chi connectivity index (χ2v) is 5.74. The van der Waals surface area contributed by atoms with E-state index >= 15 is 0 Å². The second-order valence-electron chi connectivity index (χ2n) is 3.17. The summed E-state index contributed by atoms with van der Waals surface area (Å²) in [6.07, 6.45) is 0. The Morgan fingerprint density at radius 3 is 2.31 bits per heavy atom. The summed E-state index contributed by atoms with van der Waals surface area (Å²) in [7, 11) is 0. The lowest BCUT2D eigenvalue weighted by molar-refractivity contribution is 0.852. The first-order valence-corrected chi connectivity index (χ1v) is 6.50. The van der Waals surface area contributed by atoms with Gasteiger partial charge in [0.05, 0.1) is 4.58 Å². The van der Waals surface area contributed by atoms with Crippen LogP contribution >= 0.6 is 23.5 Å². The molecule has 0 saturated carbocycles. The van der Waals surface area contributed by atoms with Crippen LogP contribution in [0.2, 0.25) is 0 Å². The minimum absolute atomic E-state index is 0.384. The van der Waals surface area contributed by atoms with Crippen LogP contribution in [0.5, 0.6) is 0 Å². The second kappa shape index (κ2) is 4.40. The molecule has 0 spiro atoms. The average Bonchev–Trinajstić information content (AvgIpc) is 2.20. The number of hydrogen-bond acceptors (Lipinski definition) is 3. The first kappa shape index (κ1) is 9.44. The van der Waals surface area contributed by atoms with Gasteiger partial charge in [-0.3, -0.25) is 0 Å². The molecule has 1 aromatic carbocycles. The Hall–Kier alpha value is -0.120. The van der Waals surface area contributed by atoms with Gasteiger partial charge >= 0.3 is 0 Å². The van der Waals surface area contributed by atoms with E-state index in [2.05, 4.69) is 30.3 Å². The molecule has 2 rings (SSSR count). The van der Waals surface area contributed by atoms with Crippen LogP contribution in [0.1, 0.15) is 10.1 Å². The highest BCUT2D eigenvalue weighted by atomic mass is 32.2. The topological polar surface area (TPSA) is 26.0 Å². The van der Waals surface area contributed by atoms with Gasteiger partial charge in [0.1, 0.15) is 0 Å². The summed E-state index contributed by atoms with van der Waals surface area (Å²) in [6, 6.07) is 11.0. The maximum atomic E-state index is 5.83. The van der Waals surface area contributed by atoms with Crippen molar-refractivity contribution in [3.63, 3.8) is 0 Å². The summed E-state index contributed by atoms with van der Waals surface area (Å²) >= 11 is 3.92. The third-order valence-corrected chi connectivity index (χ3v) is 5.20. The smallest absolute Gasteiger partial charge is 0.0752 e. The predicted octanol–water partition coefficient (Wildman–Crippen LogP) is 2.49. The molecule has 2 N–H and O–H groups in total. The summed E-state index contributed by atoms with van der Waals surface area (Å²) in [5, 5.41) is 0. The van der Waals surface area contributed by atoms with Gasteiger partial charge in [0, 0.05) is 17.5 Å². The predicted molar refractivity (Wildman–Crippen MR) is 62.1 cm³/mol. The SMILES string of the molecule is NC1CSC(c2ccccc2)SC1. The summed E-state index contributed by atoms with van der Waals surface area (Å²) in [4.78, 5) is 0. The third kappa shape index (κ3) is 2.42. The molecule has 1 aromatic rings. The van der Waals surface area contributed by atoms with Crippen LogP contribution in [0, 0.1) is 0 Å². The third-order valence-electron chi connectivity index (χ3n) is 2.00. The molecule has 0 bridgehead atoms. The Labute approximate surface area is 87.5 Å². The van der Waals surface area contributed by atoms with Crippen LogP contribution in [0.3, 0.4) is 0 Å². The molecule has 1 aliphatic heterocycles. The molecule has 0 atom stereocenters. The summed E-state index contributed by atoms with van der Waals surface area (Å²) in [5.41, 5.74) is 7.25. The maximum absolute atomic E-state index is 5.83. The highest BCUT2D eigenvalue weighted by molar-refractivity contribution is 8.17. The highest BCUT2D eigenvalue weighted by Crippen LogP contribution is 2.42. The van der Waals surface area contributed by atoms with E-state index in [-0.39, 0.29) is 0 Å². The molecule has 1 saturated heterocycles. The maximum Gasteiger partial charge on any atom is 0.0752 e. The quantitative estimate of drug-likeness (QED) is 0.773. The molecule has 1 heterocycles.